The Labute approximate surface area is 83.9 Å². The maximum absolute atomic E-state index is 10.7. The van der Waals surface area contributed by atoms with Gasteiger partial charge in [-0.2, -0.15) is 0 Å². The van der Waals surface area contributed by atoms with Crippen molar-refractivity contribution in [1.29, 1.82) is 0 Å². The number of nitrogens with one attached hydrogen (secondary N) is 1. The highest BCUT2D eigenvalue weighted by Gasteiger charge is 2.19. The first kappa shape index (κ1) is 8.96. The van der Waals surface area contributed by atoms with E-state index in [2.05, 4.69) is 9.97 Å². The third-order valence-electron chi connectivity index (χ3n) is 2.06. The molecule has 0 aliphatic carbocycles. The summed E-state index contributed by atoms with van der Waals surface area (Å²) >= 11 is 5.77. The van der Waals surface area contributed by atoms with E-state index >= 15 is 0 Å². The Bertz CT molecular complexity index is 521. The molecule has 0 aliphatic heterocycles. The summed E-state index contributed by atoms with van der Waals surface area (Å²) < 4.78 is 0. The van der Waals surface area contributed by atoms with Crippen molar-refractivity contribution in [2.75, 3.05) is 0 Å². The van der Waals surface area contributed by atoms with Crippen LogP contribution in [0.3, 0.4) is 0 Å². The number of rotatable bonds is 1. The highest BCUT2D eigenvalue weighted by atomic mass is 35.5. The van der Waals surface area contributed by atoms with E-state index in [1.54, 1.807) is 6.92 Å². The zero-order chi connectivity index (χ0) is 10.3. The molecule has 0 spiro atoms. The zero-order valence-corrected chi connectivity index (χ0v) is 8.00. The fourth-order valence-electron chi connectivity index (χ4n) is 1.42. The van der Waals surface area contributed by atoms with Crippen LogP contribution in [-0.4, -0.2) is 14.9 Å². The van der Waals surface area contributed by atoms with E-state index in [0.29, 0.717) is 16.6 Å². The lowest BCUT2D eigenvalue weighted by Gasteiger charge is -1.99. The number of H-pyrrole nitrogens is 1. The van der Waals surface area contributed by atoms with Crippen LogP contribution in [0, 0.1) is 17.0 Å². The van der Waals surface area contributed by atoms with Crippen LogP contribution in [0.2, 0.25) is 5.02 Å². The van der Waals surface area contributed by atoms with Gasteiger partial charge in [-0.1, -0.05) is 11.6 Å². The number of hydrogen-bond acceptors (Lipinski definition) is 3. The monoisotopic (exact) mass is 211 g/mol. The largest absolute Gasteiger partial charge is 0.345 e. The van der Waals surface area contributed by atoms with Crippen molar-refractivity contribution in [2.24, 2.45) is 0 Å². The predicted molar refractivity (Wildman–Crippen MR) is 52.5 cm³/mol. The van der Waals surface area contributed by atoms with Crippen molar-refractivity contribution >= 4 is 28.3 Å². The number of halogens is 1. The summed E-state index contributed by atoms with van der Waals surface area (Å²) in [5.74, 6) is 0. The van der Waals surface area contributed by atoms with Crippen LogP contribution in [0.25, 0.3) is 11.0 Å². The third-order valence-corrected chi connectivity index (χ3v) is 2.35. The lowest BCUT2D eigenvalue weighted by molar-refractivity contribution is -0.385. The molecule has 0 saturated heterocycles. The Morgan fingerprint density at radius 2 is 2.36 bits per heavy atom. The Hall–Kier alpha value is -1.62. The topological polar surface area (TPSA) is 71.8 Å². The molecule has 1 N–H and O–H groups in total. The highest BCUT2D eigenvalue weighted by Crippen LogP contribution is 2.32. The summed E-state index contributed by atoms with van der Waals surface area (Å²) in [7, 11) is 0. The van der Waals surface area contributed by atoms with Gasteiger partial charge in [-0.15, -0.1) is 0 Å². The Morgan fingerprint density at radius 1 is 1.64 bits per heavy atom. The van der Waals surface area contributed by atoms with Crippen molar-refractivity contribution < 1.29 is 4.92 Å². The van der Waals surface area contributed by atoms with Gasteiger partial charge >= 0.3 is 0 Å². The second kappa shape index (κ2) is 2.95. The van der Waals surface area contributed by atoms with Gasteiger partial charge in [-0.05, 0) is 13.0 Å². The molecule has 0 fully saturated rings. The van der Waals surface area contributed by atoms with E-state index < -0.39 is 4.92 Å². The third kappa shape index (κ3) is 1.13. The number of aromatic nitrogens is 2. The molecule has 1 heterocycles. The molecule has 72 valence electrons. The minimum Gasteiger partial charge on any atom is -0.345 e. The number of fused-ring (bicyclic) bond motifs is 1. The van der Waals surface area contributed by atoms with Gasteiger partial charge in [0, 0.05) is 0 Å². The highest BCUT2D eigenvalue weighted by molar-refractivity contribution is 6.33. The number of aryl methyl sites for hydroxylation is 1. The van der Waals surface area contributed by atoms with Crippen LogP contribution in [0.5, 0.6) is 0 Å². The first-order chi connectivity index (χ1) is 6.61. The summed E-state index contributed by atoms with van der Waals surface area (Å²) in [6.07, 6.45) is 1.48. The van der Waals surface area contributed by atoms with Crippen LogP contribution < -0.4 is 0 Å². The van der Waals surface area contributed by atoms with Gasteiger partial charge in [0.25, 0.3) is 5.69 Å². The zero-order valence-electron chi connectivity index (χ0n) is 7.24. The molecule has 0 amide bonds. The average molecular weight is 212 g/mol. The Morgan fingerprint density at radius 3 is 3.00 bits per heavy atom. The predicted octanol–water partition coefficient (Wildman–Crippen LogP) is 2.43. The van der Waals surface area contributed by atoms with Crippen LogP contribution >= 0.6 is 11.6 Å². The van der Waals surface area contributed by atoms with Crippen molar-refractivity contribution in [3.05, 3.63) is 33.1 Å². The van der Waals surface area contributed by atoms with E-state index in [-0.39, 0.29) is 10.7 Å². The smallest absolute Gasteiger partial charge is 0.293 e. The summed E-state index contributed by atoms with van der Waals surface area (Å²) in [5.41, 5.74) is 1.70. The number of hydrogen-bond donors (Lipinski definition) is 1. The van der Waals surface area contributed by atoms with Gasteiger partial charge in [0.15, 0.2) is 0 Å². The normalized spacial score (nSPS) is 10.7. The van der Waals surface area contributed by atoms with E-state index in [1.165, 1.54) is 12.4 Å². The van der Waals surface area contributed by atoms with E-state index in [4.69, 9.17) is 11.6 Å². The number of benzene rings is 1. The summed E-state index contributed by atoms with van der Waals surface area (Å²) in [6.45, 7) is 1.63. The molecule has 0 unspecified atom stereocenters. The van der Waals surface area contributed by atoms with E-state index in [9.17, 15) is 10.1 Å². The summed E-state index contributed by atoms with van der Waals surface area (Å²) in [5, 5.41) is 10.8. The second-order valence-corrected chi connectivity index (χ2v) is 3.30. The van der Waals surface area contributed by atoms with Gasteiger partial charge in [-0.3, -0.25) is 10.1 Å². The van der Waals surface area contributed by atoms with Crippen LogP contribution in [0.1, 0.15) is 5.56 Å². The van der Waals surface area contributed by atoms with Crippen molar-refractivity contribution in [3.8, 4) is 0 Å². The minimum atomic E-state index is -0.494. The average Bonchev–Trinajstić information content (AvgIpc) is 2.50. The summed E-state index contributed by atoms with van der Waals surface area (Å²) in [6, 6.07) is 1.51. The molecular formula is C8H6ClN3O2. The molecule has 0 radical (unpaired) electrons. The molecule has 0 aliphatic rings. The van der Waals surface area contributed by atoms with Crippen molar-refractivity contribution in [3.63, 3.8) is 0 Å². The molecule has 2 aromatic rings. The van der Waals surface area contributed by atoms with Crippen LogP contribution in [0.15, 0.2) is 12.4 Å². The first-order valence-corrected chi connectivity index (χ1v) is 4.25. The molecule has 6 heteroatoms. The molecule has 5 nitrogen and oxygen atoms in total. The van der Waals surface area contributed by atoms with Crippen LogP contribution in [-0.2, 0) is 0 Å². The SMILES string of the molecule is Cc1c([N+](=O)[O-])c(Cl)cc2[nH]cnc12. The molecule has 2 rings (SSSR count). The number of nitro benzene ring substituents is 1. The molecule has 1 aromatic heterocycles. The fraction of sp³-hybridized carbons (Fsp3) is 0.125. The van der Waals surface area contributed by atoms with Crippen molar-refractivity contribution in [1.82, 2.24) is 9.97 Å². The second-order valence-electron chi connectivity index (χ2n) is 2.89. The molecule has 14 heavy (non-hydrogen) atoms. The Balaban J connectivity index is 2.89. The number of nitro groups is 1. The summed E-state index contributed by atoms with van der Waals surface area (Å²) in [4.78, 5) is 17.0. The van der Waals surface area contributed by atoms with Gasteiger partial charge in [0.05, 0.1) is 27.8 Å². The molecule has 0 saturated carbocycles. The fourth-order valence-corrected chi connectivity index (χ4v) is 1.74. The number of aromatic amines is 1. The van der Waals surface area contributed by atoms with E-state index in [0.717, 1.165) is 0 Å². The van der Waals surface area contributed by atoms with Crippen LogP contribution in [0.4, 0.5) is 5.69 Å². The maximum atomic E-state index is 10.7. The number of nitrogens with zero attached hydrogens (tertiary/aromatic N) is 2. The Kier molecular flexibility index (Phi) is 1.89. The van der Waals surface area contributed by atoms with Gasteiger partial charge < -0.3 is 4.98 Å². The molecule has 1 aromatic carbocycles. The van der Waals surface area contributed by atoms with Gasteiger partial charge in [0.2, 0.25) is 0 Å². The minimum absolute atomic E-state index is 0.0775. The van der Waals surface area contributed by atoms with E-state index in [1.807, 2.05) is 0 Å². The lowest BCUT2D eigenvalue weighted by atomic mass is 10.1. The van der Waals surface area contributed by atoms with Gasteiger partial charge in [0.1, 0.15) is 5.02 Å². The molecule has 0 bridgehead atoms. The first-order valence-electron chi connectivity index (χ1n) is 3.88. The maximum Gasteiger partial charge on any atom is 0.293 e. The molecular weight excluding hydrogens is 206 g/mol. The lowest BCUT2D eigenvalue weighted by Crippen LogP contribution is -1.93. The standard InChI is InChI=1S/C8H6ClN3O2/c1-4-7-6(10-3-11-7)2-5(9)8(4)12(13)14/h2-3H,1H3,(H,10,11). The molecule has 0 atom stereocenters. The quantitative estimate of drug-likeness (QED) is 0.582. The number of imidazole rings is 1. The van der Waals surface area contributed by atoms with Gasteiger partial charge in [-0.25, -0.2) is 4.98 Å². The van der Waals surface area contributed by atoms with Crippen molar-refractivity contribution in [2.45, 2.75) is 6.92 Å².